The molecule has 0 radical (unpaired) electrons. The van der Waals surface area contributed by atoms with Crippen LogP contribution in [-0.4, -0.2) is 19.1 Å². The Kier molecular flexibility index (Phi) is 5.65. The monoisotopic (exact) mass is 536 g/mol. The maximum atomic E-state index is 5.00. The first-order valence-corrected chi connectivity index (χ1v) is 13.9. The predicted octanol–water partition coefficient (Wildman–Crippen LogP) is 8.82. The number of hydrogen-bond donors (Lipinski definition) is 0. The van der Waals surface area contributed by atoms with Gasteiger partial charge in [0.1, 0.15) is 5.82 Å². The van der Waals surface area contributed by atoms with Crippen LogP contribution in [0.1, 0.15) is 11.4 Å². The molecule has 2 heterocycles. The van der Waals surface area contributed by atoms with Crippen LogP contribution in [0.3, 0.4) is 0 Å². The molecule has 0 saturated heterocycles. The third-order valence-corrected chi connectivity index (χ3v) is 7.59. The Morgan fingerprint density at radius 2 is 0.857 bits per heavy atom. The Bertz CT molecular complexity index is 2240. The van der Waals surface area contributed by atoms with E-state index >= 15 is 0 Å². The molecule has 0 bridgehead atoms. The van der Waals surface area contributed by atoms with E-state index in [1.54, 1.807) is 0 Å². The molecule has 8 rings (SSSR count). The lowest BCUT2D eigenvalue weighted by atomic mass is 10.0. The summed E-state index contributed by atoms with van der Waals surface area (Å²) in [4.78, 5) is 9.96. The summed E-state index contributed by atoms with van der Waals surface area (Å²) in [5.41, 5.74) is 17.0. The maximum Gasteiger partial charge on any atom is 0.154 e. The van der Waals surface area contributed by atoms with Gasteiger partial charge < -0.3 is 0 Å². The standard InChI is InChI=1S/C38H24N4/c1-3-11-31(12-4-1)41-35-17-9-7-15-33(35)39-37(41)29-23-19-27(20-24-29)28-21-25-30(26-22-28)38-40-34-16-8-10-18-36(34)42(38)32-13-5-2-6-14-32/h1-21,23-25H. The maximum absolute atomic E-state index is 5.00. The summed E-state index contributed by atoms with van der Waals surface area (Å²) in [6, 6.07) is 45.7. The second-order valence-electron chi connectivity index (χ2n) is 10.2. The zero-order valence-corrected chi connectivity index (χ0v) is 22.6. The molecule has 0 unspecified atom stereocenters. The Morgan fingerprint density at radius 1 is 0.405 bits per heavy atom. The minimum atomic E-state index is 0.848. The quantitative estimate of drug-likeness (QED) is 0.206. The third-order valence-electron chi connectivity index (χ3n) is 7.59. The number of allylic oxidation sites excluding steroid dienone is 4. The van der Waals surface area contributed by atoms with Crippen molar-refractivity contribution in [2.75, 3.05) is 0 Å². The van der Waals surface area contributed by atoms with Gasteiger partial charge in [0, 0.05) is 22.5 Å². The number of fused-ring (bicyclic) bond motifs is 2. The first kappa shape index (κ1) is 23.9. The molecule has 42 heavy (non-hydrogen) atoms. The van der Waals surface area contributed by atoms with Crippen LogP contribution < -0.4 is 0 Å². The average Bonchev–Trinajstić information content (AvgIpc) is 3.65. The summed E-state index contributed by atoms with van der Waals surface area (Å²) in [6.07, 6.45) is 4.17. The summed E-state index contributed by atoms with van der Waals surface area (Å²) in [7, 11) is 0. The highest BCUT2D eigenvalue weighted by Crippen LogP contribution is 2.31. The van der Waals surface area contributed by atoms with Gasteiger partial charge in [0.2, 0.25) is 0 Å². The highest BCUT2D eigenvalue weighted by molar-refractivity contribution is 5.88. The topological polar surface area (TPSA) is 35.6 Å². The van der Waals surface area contributed by atoms with Gasteiger partial charge in [-0.05, 0) is 66.2 Å². The molecule has 1 aliphatic carbocycles. The molecule has 196 valence electrons. The van der Waals surface area contributed by atoms with Crippen LogP contribution >= 0.6 is 0 Å². The van der Waals surface area contributed by atoms with Crippen LogP contribution in [-0.2, 0) is 0 Å². The Morgan fingerprint density at radius 3 is 1.43 bits per heavy atom. The molecule has 0 spiro atoms. The third kappa shape index (κ3) is 4.04. The van der Waals surface area contributed by atoms with Crippen molar-refractivity contribution in [1.82, 2.24) is 19.1 Å². The number of rotatable bonds is 5. The molecule has 0 N–H and O–H groups in total. The summed E-state index contributed by atoms with van der Waals surface area (Å²) in [6.45, 7) is 0. The summed E-state index contributed by atoms with van der Waals surface area (Å²) >= 11 is 0. The molecule has 7 aromatic rings. The first-order valence-electron chi connectivity index (χ1n) is 13.9. The largest absolute Gasteiger partial charge is 0.292 e. The van der Waals surface area contributed by atoms with Crippen molar-refractivity contribution in [3.63, 3.8) is 0 Å². The van der Waals surface area contributed by atoms with Crippen LogP contribution in [0, 0.1) is 0 Å². The van der Waals surface area contributed by atoms with Gasteiger partial charge in [0.05, 0.1) is 27.6 Å². The van der Waals surface area contributed by atoms with Crippen LogP contribution in [0.25, 0.3) is 56.0 Å². The van der Waals surface area contributed by atoms with Crippen molar-refractivity contribution >= 4 is 33.2 Å². The highest BCUT2D eigenvalue weighted by atomic mass is 15.1. The van der Waals surface area contributed by atoms with E-state index < -0.39 is 0 Å². The van der Waals surface area contributed by atoms with Crippen LogP contribution in [0.2, 0.25) is 0 Å². The van der Waals surface area contributed by atoms with Crippen molar-refractivity contribution in [1.29, 1.82) is 0 Å². The summed E-state index contributed by atoms with van der Waals surface area (Å²) in [5, 5.41) is 0. The highest BCUT2D eigenvalue weighted by Gasteiger charge is 2.17. The molecular weight excluding hydrogens is 512 g/mol. The van der Waals surface area contributed by atoms with Gasteiger partial charge in [-0.2, -0.15) is 0 Å². The number of hydrogen-bond acceptors (Lipinski definition) is 2. The molecule has 1 aliphatic rings. The van der Waals surface area contributed by atoms with E-state index in [0.717, 1.165) is 67.4 Å². The van der Waals surface area contributed by atoms with Gasteiger partial charge in [-0.3, -0.25) is 9.13 Å². The lowest BCUT2D eigenvalue weighted by Crippen LogP contribution is -2.00. The summed E-state index contributed by atoms with van der Waals surface area (Å²) < 4.78 is 4.40. The Labute approximate surface area is 243 Å². The van der Waals surface area contributed by atoms with E-state index in [9.17, 15) is 0 Å². The van der Waals surface area contributed by atoms with E-state index in [4.69, 9.17) is 9.97 Å². The second kappa shape index (κ2) is 9.92. The minimum Gasteiger partial charge on any atom is -0.292 e. The van der Waals surface area contributed by atoms with Gasteiger partial charge in [-0.25, -0.2) is 9.97 Å². The number of imidazole rings is 2. The molecule has 0 amide bonds. The van der Waals surface area contributed by atoms with Crippen molar-refractivity contribution < 1.29 is 0 Å². The van der Waals surface area contributed by atoms with Gasteiger partial charge >= 0.3 is 0 Å². The van der Waals surface area contributed by atoms with Gasteiger partial charge in [-0.15, -0.1) is 0 Å². The lowest BCUT2D eigenvalue weighted by Gasteiger charge is -2.11. The van der Waals surface area contributed by atoms with Crippen LogP contribution in [0.15, 0.2) is 157 Å². The number of aromatic nitrogens is 4. The zero-order valence-electron chi connectivity index (χ0n) is 22.6. The molecule has 2 aromatic heterocycles. The van der Waals surface area contributed by atoms with Crippen LogP contribution in [0.4, 0.5) is 0 Å². The van der Waals surface area contributed by atoms with Crippen molar-refractivity contribution in [2.24, 2.45) is 0 Å². The van der Waals surface area contributed by atoms with E-state index in [0.29, 0.717) is 0 Å². The molecule has 0 fully saturated rings. The van der Waals surface area contributed by atoms with E-state index in [2.05, 4.69) is 118 Å². The fraction of sp³-hybridized carbons (Fsp3) is 0. The average molecular weight is 537 g/mol. The van der Waals surface area contributed by atoms with Crippen LogP contribution in [0.5, 0.6) is 0 Å². The van der Waals surface area contributed by atoms with Crippen molar-refractivity contribution in [2.45, 2.75) is 0 Å². The molecular formula is C38H24N4. The first-order chi connectivity index (χ1) is 20.8. The minimum absolute atomic E-state index is 0.848. The SMILES string of the molecule is C1=C=C(c2nc3ccccc3n2-c2ccccc2)C=CC=1c1ccc(-c2nc3ccccc3n2-c2ccccc2)cc1. The lowest BCUT2D eigenvalue weighted by molar-refractivity contribution is 1.06. The fourth-order valence-electron chi connectivity index (χ4n) is 5.59. The second-order valence-corrected chi connectivity index (χ2v) is 10.2. The number of benzene rings is 5. The fourth-order valence-corrected chi connectivity index (χ4v) is 5.59. The van der Waals surface area contributed by atoms with E-state index in [1.165, 1.54) is 0 Å². The molecule has 0 atom stereocenters. The number of nitrogens with zero attached hydrogens (tertiary/aromatic N) is 4. The molecule has 0 aliphatic heterocycles. The molecule has 4 heteroatoms. The van der Waals surface area contributed by atoms with Crippen molar-refractivity contribution in [3.8, 4) is 22.8 Å². The van der Waals surface area contributed by atoms with Gasteiger partial charge in [0.15, 0.2) is 5.82 Å². The Hall–Kier alpha value is -5.92. The van der Waals surface area contributed by atoms with Gasteiger partial charge in [-0.1, -0.05) is 96.4 Å². The molecule has 0 saturated carbocycles. The molecule has 4 nitrogen and oxygen atoms in total. The van der Waals surface area contributed by atoms with E-state index in [1.807, 2.05) is 48.5 Å². The predicted molar refractivity (Wildman–Crippen MR) is 171 cm³/mol. The summed E-state index contributed by atoms with van der Waals surface area (Å²) in [5.74, 6) is 1.76. The van der Waals surface area contributed by atoms with Crippen molar-refractivity contribution in [3.05, 3.63) is 168 Å². The molecule has 5 aromatic carbocycles. The Balaban J connectivity index is 1.20. The normalized spacial score (nSPS) is 12.6. The smallest absolute Gasteiger partial charge is 0.154 e. The van der Waals surface area contributed by atoms with E-state index in [-0.39, 0.29) is 0 Å². The number of para-hydroxylation sites is 6. The van der Waals surface area contributed by atoms with Gasteiger partial charge in [0.25, 0.3) is 0 Å². The zero-order chi connectivity index (χ0) is 27.9.